The van der Waals surface area contributed by atoms with E-state index in [1.165, 1.54) is 5.56 Å². The van der Waals surface area contributed by atoms with Gasteiger partial charge in [-0.15, -0.1) is 11.8 Å². The van der Waals surface area contributed by atoms with Crippen LogP contribution in [0.1, 0.15) is 16.7 Å². The molecule has 0 fully saturated rings. The minimum absolute atomic E-state index is 0.878. The molecule has 3 rings (SSSR count). The number of benzene rings is 2. The van der Waals surface area contributed by atoms with Crippen LogP contribution in [0.5, 0.6) is 0 Å². The van der Waals surface area contributed by atoms with E-state index in [4.69, 9.17) is 0 Å². The van der Waals surface area contributed by atoms with Gasteiger partial charge in [-0.3, -0.25) is 0 Å². The Morgan fingerprint density at radius 1 is 1.06 bits per heavy atom. The van der Waals surface area contributed by atoms with Gasteiger partial charge in [0.05, 0.1) is 0 Å². The monoisotopic (exact) mass is 254 g/mol. The highest BCUT2D eigenvalue weighted by atomic mass is 32.2. The fourth-order valence-electron chi connectivity index (χ4n) is 2.45. The van der Waals surface area contributed by atoms with Crippen LogP contribution < -0.4 is 0 Å². The molecule has 0 radical (unpaired) electrons. The molecule has 1 aliphatic rings. The third-order valence-corrected chi connectivity index (χ3v) is 4.53. The number of hydrogen-bond acceptors (Lipinski definition) is 2. The Bertz CT molecular complexity index is 556. The van der Waals surface area contributed by atoms with Crippen LogP contribution in [0.3, 0.4) is 0 Å². The fourth-order valence-corrected chi connectivity index (χ4v) is 3.56. The summed E-state index contributed by atoms with van der Waals surface area (Å²) in [5.41, 5.74) is 1.95. The lowest BCUT2D eigenvalue weighted by atomic mass is 9.84. The summed E-state index contributed by atoms with van der Waals surface area (Å²) < 4.78 is 0. The maximum Gasteiger partial charge on any atom is 0.134 e. The van der Waals surface area contributed by atoms with E-state index in [9.17, 15) is 5.11 Å². The van der Waals surface area contributed by atoms with Crippen molar-refractivity contribution in [2.24, 2.45) is 0 Å². The summed E-state index contributed by atoms with van der Waals surface area (Å²) in [6.45, 7) is 3.84. The highest BCUT2D eigenvalue weighted by Gasteiger charge is 2.34. The van der Waals surface area contributed by atoms with Crippen LogP contribution in [-0.2, 0) is 11.4 Å². The smallest absolute Gasteiger partial charge is 0.134 e. The zero-order chi connectivity index (χ0) is 12.6. The lowest BCUT2D eigenvalue weighted by Crippen LogP contribution is -2.25. The maximum atomic E-state index is 11.0. The van der Waals surface area contributed by atoms with Crippen molar-refractivity contribution in [2.45, 2.75) is 16.2 Å². The molecule has 1 atom stereocenters. The van der Waals surface area contributed by atoms with E-state index in [1.54, 1.807) is 17.8 Å². The van der Waals surface area contributed by atoms with Crippen LogP contribution in [0.4, 0.5) is 0 Å². The third kappa shape index (κ3) is 1.61. The molecule has 2 aromatic rings. The molecule has 18 heavy (non-hydrogen) atoms. The van der Waals surface area contributed by atoms with E-state index in [1.807, 2.05) is 36.4 Å². The van der Waals surface area contributed by atoms with Gasteiger partial charge in [0.15, 0.2) is 0 Å². The van der Waals surface area contributed by atoms with E-state index in [0.717, 1.165) is 21.8 Å². The van der Waals surface area contributed by atoms with Crippen molar-refractivity contribution in [1.82, 2.24) is 0 Å². The van der Waals surface area contributed by atoms with Gasteiger partial charge in [0, 0.05) is 16.2 Å². The molecule has 0 bridgehead atoms. The number of hydrogen-bond donors (Lipinski definition) is 1. The molecule has 0 saturated carbocycles. The molecule has 1 aliphatic heterocycles. The molecule has 2 aromatic carbocycles. The zero-order valence-electron chi connectivity index (χ0n) is 9.97. The van der Waals surface area contributed by atoms with Crippen molar-refractivity contribution < 1.29 is 5.11 Å². The molecule has 0 amide bonds. The molecule has 0 unspecified atom stereocenters. The van der Waals surface area contributed by atoms with Crippen LogP contribution in [0.15, 0.2) is 66.1 Å². The summed E-state index contributed by atoms with van der Waals surface area (Å²) in [5, 5.41) is 11.0. The Morgan fingerprint density at radius 2 is 1.72 bits per heavy atom. The minimum atomic E-state index is -1.09. The molecule has 1 N–H and O–H groups in total. The maximum absolute atomic E-state index is 11.0. The van der Waals surface area contributed by atoms with Crippen LogP contribution in [0.25, 0.3) is 0 Å². The van der Waals surface area contributed by atoms with Crippen molar-refractivity contribution in [3.8, 4) is 0 Å². The molecular weight excluding hydrogens is 240 g/mol. The van der Waals surface area contributed by atoms with Gasteiger partial charge in [-0.05, 0) is 17.2 Å². The van der Waals surface area contributed by atoms with Crippen LogP contribution in [0, 0.1) is 0 Å². The topological polar surface area (TPSA) is 20.2 Å². The average Bonchev–Trinajstić information content (AvgIpc) is 2.56. The van der Waals surface area contributed by atoms with Gasteiger partial charge in [-0.25, -0.2) is 0 Å². The number of fused-ring (bicyclic) bond motifs is 2. The van der Waals surface area contributed by atoms with Crippen LogP contribution in [-0.4, -0.2) is 5.11 Å². The van der Waals surface area contributed by atoms with Gasteiger partial charge in [0.25, 0.3) is 0 Å². The van der Waals surface area contributed by atoms with E-state index in [2.05, 4.69) is 18.7 Å². The van der Waals surface area contributed by atoms with Crippen molar-refractivity contribution in [1.29, 1.82) is 0 Å². The average molecular weight is 254 g/mol. The van der Waals surface area contributed by atoms with Gasteiger partial charge < -0.3 is 5.11 Å². The Kier molecular flexibility index (Phi) is 2.77. The van der Waals surface area contributed by atoms with Crippen molar-refractivity contribution in [3.63, 3.8) is 0 Å². The standard InChI is InChI=1S/C16H14OS/c1-2-16(17)13-8-4-3-7-12(13)11-18-15-10-6-5-9-14(15)16/h2-10,17H,1,11H2/t16-/m1/s1. The number of rotatable bonds is 1. The summed E-state index contributed by atoms with van der Waals surface area (Å²) >= 11 is 1.76. The fraction of sp³-hybridized carbons (Fsp3) is 0.125. The molecular formula is C16H14OS. The van der Waals surface area contributed by atoms with Gasteiger partial charge >= 0.3 is 0 Å². The van der Waals surface area contributed by atoms with Gasteiger partial charge in [-0.2, -0.15) is 0 Å². The summed E-state index contributed by atoms with van der Waals surface area (Å²) in [6, 6.07) is 16.0. The predicted octanol–water partition coefficient (Wildman–Crippen LogP) is 3.71. The molecule has 2 heteroatoms. The molecule has 0 aromatic heterocycles. The van der Waals surface area contributed by atoms with E-state index in [-0.39, 0.29) is 0 Å². The second-order valence-electron chi connectivity index (χ2n) is 4.41. The van der Waals surface area contributed by atoms with Crippen molar-refractivity contribution in [2.75, 3.05) is 0 Å². The van der Waals surface area contributed by atoms with Gasteiger partial charge in [-0.1, -0.05) is 55.1 Å². The highest BCUT2D eigenvalue weighted by molar-refractivity contribution is 7.98. The van der Waals surface area contributed by atoms with Crippen LogP contribution >= 0.6 is 11.8 Å². The first-order valence-electron chi connectivity index (χ1n) is 5.92. The molecule has 0 aliphatic carbocycles. The first kappa shape index (κ1) is 11.6. The van der Waals surface area contributed by atoms with Crippen molar-refractivity contribution >= 4 is 11.8 Å². The third-order valence-electron chi connectivity index (χ3n) is 3.40. The van der Waals surface area contributed by atoms with Crippen LogP contribution in [0.2, 0.25) is 0 Å². The highest BCUT2D eigenvalue weighted by Crippen LogP contribution is 2.43. The van der Waals surface area contributed by atoms with E-state index in [0.29, 0.717) is 0 Å². The Balaban J connectivity index is 2.32. The Labute approximate surface area is 111 Å². The van der Waals surface area contributed by atoms with Gasteiger partial charge in [0.2, 0.25) is 0 Å². The lowest BCUT2D eigenvalue weighted by Gasteiger charge is -2.27. The summed E-state index contributed by atoms with van der Waals surface area (Å²) in [7, 11) is 0. The predicted molar refractivity (Wildman–Crippen MR) is 75.6 cm³/mol. The Hall–Kier alpha value is -1.51. The summed E-state index contributed by atoms with van der Waals surface area (Å²) in [4.78, 5) is 1.12. The molecule has 1 nitrogen and oxygen atoms in total. The number of thioether (sulfide) groups is 1. The molecule has 0 saturated heterocycles. The molecule has 0 spiro atoms. The SMILES string of the molecule is C=C[C@@]1(O)c2ccccc2CSc2ccccc21. The normalized spacial score (nSPS) is 21.6. The minimum Gasteiger partial charge on any atom is -0.377 e. The summed E-state index contributed by atoms with van der Waals surface area (Å²) in [6.07, 6.45) is 1.64. The largest absolute Gasteiger partial charge is 0.377 e. The Morgan fingerprint density at radius 3 is 2.50 bits per heavy atom. The number of aliphatic hydroxyl groups is 1. The van der Waals surface area contributed by atoms with Crippen molar-refractivity contribution in [3.05, 3.63) is 77.9 Å². The lowest BCUT2D eigenvalue weighted by molar-refractivity contribution is 0.131. The molecule has 90 valence electrons. The second-order valence-corrected chi connectivity index (χ2v) is 5.43. The quantitative estimate of drug-likeness (QED) is 0.783. The first-order valence-corrected chi connectivity index (χ1v) is 6.91. The summed E-state index contributed by atoms with van der Waals surface area (Å²) in [5.74, 6) is 0.878. The van der Waals surface area contributed by atoms with E-state index < -0.39 is 5.60 Å². The zero-order valence-corrected chi connectivity index (χ0v) is 10.8. The first-order chi connectivity index (χ1) is 8.75. The second kappa shape index (κ2) is 4.30. The molecule has 1 heterocycles. The van der Waals surface area contributed by atoms with E-state index >= 15 is 0 Å². The van der Waals surface area contributed by atoms with Gasteiger partial charge in [0.1, 0.15) is 5.60 Å².